The van der Waals surface area contributed by atoms with Crippen molar-refractivity contribution in [3.63, 3.8) is 0 Å². The molecule has 0 heterocycles. The summed E-state index contributed by atoms with van der Waals surface area (Å²) in [5.41, 5.74) is 0. The SMILES string of the molecule is CCCCC/C=C\C/C=C\C/C=C\C/C=C\CCCC(=O)O[C@@H](COC(=O)CCCCCCC/C=C\CCCCCCCC)COC(=O)CCCCCCCCC/C=C\C/C=C\CCCCC. The smallest absolute Gasteiger partial charge is 0.306 e. The molecule has 384 valence electrons. The van der Waals surface area contributed by atoms with Crippen LogP contribution in [0.25, 0.3) is 0 Å². The quantitative estimate of drug-likeness (QED) is 0.0262. The van der Waals surface area contributed by atoms with Crippen LogP contribution in [-0.2, 0) is 28.6 Å². The molecule has 0 rings (SSSR count). The van der Waals surface area contributed by atoms with Crippen LogP contribution >= 0.6 is 0 Å². The molecular weight excluding hydrogens is 829 g/mol. The molecule has 0 aromatic carbocycles. The number of unbranched alkanes of at least 4 members (excludes halogenated alkanes) is 25. The highest BCUT2D eigenvalue weighted by Gasteiger charge is 2.19. The molecule has 0 aromatic heterocycles. The van der Waals surface area contributed by atoms with E-state index in [-0.39, 0.29) is 37.5 Å². The van der Waals surface area contributed by atoms with Gasteiger partial charge in [0.1, 0.15) is 13.2 Å². The predicted molar refractivity (Wildman–Crippen MR) is 288 cm³/mol. The van der Waals surface area contributed by atoms with Crippen molar-refractivity contribution in [3.05, 3.63) is 85.1 Å². The fourth-order valence-corrected chi connectivity index (χ4v) is 7.58. The van der Waals surface area contributed by atoms with E-state index in [2.05, 4.69) is 106 Å². The molecule has 0 amide bonds. The summed E-state index contributed by atoms with van der Waals surface area (Å²) in [6.07, 6.45) is 71.4. The van der Waals surface area contributed by atoms with Gasteiger partial charge in [0.25, 0.3) is 0 Å². The lowest BCUT2D eigenvalue weighted by atomic mass is 10.1. The standard InChI is InChI=1S/C61H104O6/c1-4-7-10-13-16-19-22-25-28-30-33-36-39-42-45-48-51-54-60(63)66-57-58(56-65-59(62)53-50-47-44-41-38-35-32-27-24-21-18-15-12-9-6-3)67-61(64)55-52-49-46-43-40-37-34-31-29-26-23-20-17-14-11-8-5-2/h16-17,19-20,25-29,32,34,37,43,46,58H,4-15,18,21-24,30-31,33,35-36,38-42,44-45,47-57H2,1-3H3/b19-16-,20-17-,28-25-,29-26-,32-27-,37-34-,46-43-/t58-/m0/s1. The Kier molecular flexibility index (Phi) is 52.4. The molecule has 0 fully saturated rings. The predicted octanol–water partition coefficient (Wildman–Crippen LogP) is 18.8. The van der Waals surface area contributed by atoms with Gasteiger partial charge in [0.05, 0.1) is 0 Å². The normalized spacial score (nSPS) is 12.7. The van der Waals surface area contributed by atoms with Crippen LogP contribution < -0.4 is 0 Å². The Bertz CT molecular complexity index is 1300. The Balaban J connectivity index is 4.50. The van der Waals surface area contributed by atoms with E-state index in [0.717, 1.165) is 89.9 Å². The lowest BCUT2D eigenvalue weighted by molar-refractivity contribution is -0.167. The fraction of sp³-hybridized carbons (Fsp3) is 0.721. The molecule has 0 bridgehead atoms. The molecule has 0 unspecified atom stereocenters. The molecule has 0 radical (unpaired) electrons. The molecule has 6 heteroatoms. The fourth-order valence-electron chi connectivity index (χ4n) is 7.58. The number of rotatable bonds is 50. The van der Waals surface area contributed by atoms with Gasteiger partial charge < -0.3 is 14.2 Å². The van der Waals surface area contributed by atoms with E-state index in [4.69, 9.17) is 14.2 Å². The van der Waals surface area contributed by atoms with Crippen LogP contribution in [0.2, 0.25) is 0 Å². The van der Waals surface area contributed by atoms with Crippen LogP contribution in [0.1, 0.15) is 265 Å². The van der Waals surface area contributed by atoms with Crippen molar-refractivity contribution in [2.45, 2.75) is 271 Å². The Morgan fingerprint density at radius 1 is 0.299 bits per heavy atom. The van der Waals surface area contributed by atoms with Gasteiger partial charge in [-0.25, -0.2) is 0 Å². The monoisotopic (exact) mass is 933 g/mol. The van der Waals surface area contributed by atoms with E-state index < -0.39 is 6.10 Å². The average molecular weight is 933 g/mol. The Morgan fingerprint density at radius 3 is 0.925 bits per heavy atom. The van der Waals surface area contributed by atoms with E-state index in [0.29, 0.717) is 19.3 Å². The zero-order valence-electron chi connectivity index (χ0n) is 43.9. The summed E-state index contributed by atoms with van der Waals surface area (Å²) in [5.74, 6) is -0.974. The van der Waals surface area contributed by atoms with E-state index in [1.807, 2.05) is 0 Å². The summed E-state index contributed by atoms with van der Waals surface area (Å²) in [7, 11) is 0. The minimum Gasteiger partial charge on any atom is -0.462 e. The van der Waals surface area contributed by atoms with E-state index >= 15 is 0 Å². The van der Waals surface area contributed by atoms with E-state index in [9.17, 15) is 14.4 Å². The van der Waals surface area contributed by atoms with Crippen molar-refractivity contribution in [2.24, 2.45) is 0 Å². The number of hydrogen-bond acceptors (Lipinski definition) is 6. The Hall–Kier alpha value is -3.41. The second-order valence-corrected chi connectivity index (χ2v) is 18.5. The van der Waals surface area contributed by atoms with Gasteiger partial charge in [-0.3, -0.25) is 14.4 Å². The molecule has 0 aliphatic carbocycles. The largest absolute Gasteiger partial charge is 0.462 e. The molecule has 67 heavy (non-hydrogen) atoms. The Morgan fingerprint density at radius 2 is 0.552 bits per heavy atom. The minimum absolute atomic E-state index is 0.105. The summed E-state index contributed by atoms with van der Waals surface area (Å²) in [6.45, 7) is 6.53. The van der Waals surface area contributed by atoms with Gasteiger partial charge in [0.2, 0.25) is 0 Å². The van der Waals surface area contributed by atoms with Crippen molar-refractivity contribution < 1.29 is 28.6 Å². The number of allylic oxidation sites excluding steroid dienone is 14. The van der Waals surface area contributed by atoms with Gasteiger partial charge >= 0.3 is 17.9 Å². The number of ether oxygens (including phenoxy) is 3. The molecule has 0 N–H and O–H groups in total. The third kappa shape index (κ3) is 53.4. The lowest BCUT2D eigenvalue weighted by Gasteiger charge is -2.18. The molecule has 0 saturated heterocycles. The molecule has 0 aromatic rings. The average Bonchev–Trinajstić information content (AvgIpc) is 3.33. The number of esters is 3. The highest BCUT2D eigenvalue weighted by Crippen LogP contribution is 2.14. The summed E-state index contributed by atoms with van der Waals surface area (Å²) in [6, 6.07) is 0. The van der Waals surface area contributed by atoms with E-state index in [1.54, 1.807) is 0 Å². The van der Waals surface area contributed by atoms with Crippen LogP contribution in [0.5, 0.6) is 0 Å². The third-order valence-corrected chi connectivity index (χ3v) is 11.8. The van der Waals surface area contributed by atoms with Crippen molar-refractivity contribution in [2.75, 3.05) is 13.2 Å². The summed E-state index contributed by atoms with van der Waals surface area (Å²) in [4.78, 5) is 38.1. The molecule has 0 spiro atoms. The first-order valence-corrected chi connectivity index (χ1v) is 28.1. The maximum Gasteiger partial charge on any atom is 0.306 e. The van der Waals surface area contributed by atoms with Crippen molar-refractivity contribution in [1.29, 1.82) is 0 Å². The zero-order chi connectivity index (χ0) is 48.6. The minimum atomic E-state index is -0.812. The van der Waals surface area contributed by atoms with Gasteiger partial charge in [-0.2, -0.15) is 0 Å². The molecular formula is C61H104O6. The molecule has 0 aliphatic heterocycles. The van der Waals surface area contributed by atoms with Crippen LogP contribution in [-0.4, -0.2) is 37.2 Å². The first-order valence-electron chi connectivity index (χ1n) is 28.1. The second-order valence-electron chi connectivity index (χ2n) is 18.5. The number of carbonyl (C=O) groups excluding carboxylic acids is 3. The zero-order valence-corrected chi connectivity index (χ0v) is 43.9. The first-order chi connectivity index (χ1) is 33.0. The summed E-state index contributed by atoms with van der Waals surface area (Å²) >= 11 is 0. The van der Waals surface area contributed by atoms with Gasteiger partial charge in [-0.1, -0.05) is 215 Å². The molecule has 0 aliphatic rings. The molecule has 6 nitrogen and oxygen atoms in total. The topological polar surface area (TPSA) is 78.9 Å². The maximum atomic E-state index is 12.8. The van der Waals surface area contributed by atoms with Crippen molar-refractivity contribution >= 4 is 17.9 Å². The van der Waals surface area contributed by atoms with Crippen LogP contribution in [0.3, 0.4) is 0 Å². The first kappa shape index (κ1) is 63.6. The van der Waals surface area contributed by atoms with Gasteiger partial charge in [-0.15, -0.1) is 0 Å². The number of hydrogen-bond donors (Lipinski definition) is 0. The highest BCUT2D eigenvalue weighted by atomic mass is 16.6. The van der Waals surface area contributed by atoms with Crippen molar-refractivity contribution in [1.82, 2.24) is 0 Å². The summed E-state index contributed by atoms with van der Waals surface area (Å²) < 4.78 is 16.8. The van der Waals surface area contributed by atoms with Crippen LogP contribution in [0.4, 0.5) is 0 Å². The van der Waals surface area contributed by atoms with Gasteiger partial charge in [0.15, 0.2) is 6.10 Å². The van der Waals surface area contributed by atoms with Crippen molar-refractivity contribution in [3.8, 4) is 0 Å². The summed E-state index contributed by atoms with van der Waals surface area (Å²) in [5, 5.41) is 0. The van der Waals surface area contributed by atoms with Gasteiger partial charge in [0, 0.05) is 19.3 Å². The highest BCUT2D eigenvalue weighted by molar-refractivity contribution is 5.71. The molecule has 0 saturated carbocycles. The third-order valence-electron chi connectivity index (χ3n) is 11.8. The van der Waals surface area contributed by atoms with Crippen LogP contribution in [0, 0.1) is 0 Å². The maximum absolute atomic E-state index is 12.8. The Labute approximate surface area is 414 Å². The molecule has 1 atom stereocenters. The second kappa shape index (κ2) is 55.2. The van der Waals surface area contributed by atoms with Crippen LogP contribution in [0.15, 0.2) is 85.1 Å². The van der Waals surface area contributed by atoms with E-state index in [1.165, 1.54) is 128 Å². The van der Waals surface area contributed by atoms with Gasteiger partial charge in [-0.05, 0) is 116 Å². The lowest BCUT2D eigenvalue weighted by Crippen LogP contribution is -2.30. The number of carbonyl (C=O) groups is 3.